The largest absolute Gasteiger partial charge is 0.381 e. The molecule has 1 amide bonds. The third kappa shape index (κ3) is 6.14. The van der Waals surface area contributed by atoms with E-state index in [-0.39, 0.29) is 24.0 Å². The van der Waals surface area contributed by atoms with E-state index in [1.54, 1.807) is 0 Å². The molecule has 0 radical (unpaired) electrons. The summed E-state index contributed by atoms with van der Waals surface area (Å²) in [6, 6.07) is 15.8. The first-order chi connectivity index (χ1) is 24.6. The molecule has 2 aromatic heterocycles. The number of aromatic nitrogens is 3. The number of nitrogens with one attached hydrogen (secondary N) is 2. The number of imidazole rings is 1. The molecule has 3 N–H and O–H groups in total. The van der Waals surface area contributed by atoms with E-state index in [1.165, 1.54) is 32.4 Å². The van der Waals surface area contributed by atoms with Crippen molar-refractivity contribution in [1.82, 2.24) is 24.8 Å². The Hall–Kier alpha value is -3.83. The molecule has 1 spiro atoms. The van der Waals surface area contributed by atoms with E-state index < -0.39 is 11.6 Å². The Morgan fingerprint density at radius 1 is 0.961 bits per heavy atom. The van der Waals surface area contributed by atoms with Gasteiger partial charge in [-0.1, -0.05) is 24.6 Å². The van der Waals surface area contributed by atoms with Crippen molar-refractivity contribution in [3.05, 3.63) is 65.5 Å². The van der Waals surface area contributed by atoms with Gasteiger partial charge in [0.2, 0.25) is 5.91 Å². The van der Waals surface area contributed by atoms with Crippen LogP contribution in [0.15, 0.2) is 48.8 Å². The number of aryl methyl sites for hydroxylation is 1. The van der Waals surface area contributed by atoms with Gasteiger partial charge >= 0.3 is 0 Å². The first kappa shape index (κ1) is 34.3. The number of pyridine rings is 1. The molecule has 2 saturated heterocycles. The number of piperidine rings is 1. The predicted molar refractivity (Wildman–Crippen MR) is 202 cm³/mol. The van der Waals surface area contributed by atoms with Crippen LogP contribution in [0, 0.1) is 6.92 Å². The number of carbonyl (C=O) groups excluding carboxylic acids is 1. The Morgan fingerprint density at radius 3 is 2.45 bits per heavy atom. The highest BCUT2D eigenvalue weighted by Crippen LogP contribution is 2.52. The van der Waals surface area contributed by atoms with Crippen molar-refractivity contribution < 1.29 is 14.6 Å². The van der Waals surface area contributed by atoms with Gasteiger partial charge in [-0.2, -0.15) is 0 Å². The molecule has 1 atom stereocenters. The zero-order chi connectivity index (χ0) is 35.4. The number of ether oxygens (including phenoxy) is 1. The number of fused-ring (bicyclic) bond motifs is 3. The van der Waals surface area contributed by atoms with Crippen molar-refractivity contribution in [2.75, 3.05) is 36.5 Å². The maximum atomic E-state index is 14.6. The summed E-state index contributed by atoms with van der Waals surface area (Å²) in [5.41, 5.74) is 7.88. The van der Waals surface area contributed by atoms with Gasteiger partial charge in [-0.05, 0) is 122 Å². The van der Waals surface area contributed by atoms with E-state index >= 15 is 0 Å². The van der Waals surface area contributed by atoms with Gasteiger partial charge in [-0.25, -0.2) is 9.97 Å². The van der Waals surface area contributed by atoms with Gasteiger partial charge in [0.25, 0.3) is 0 Å². The number of amides is 1. The fraction of sp³-hybridized carbons (Fsp3) is 0.537. The average molecular weight is 692 g/mol. The van der Waals surface area contributed by atoms with Crippen LogP contribution < -0.4 is 15.5 Å². The van der Waals surface area contributed by atoms with Crippen LogP contribution in [-0.2, 0) is 14.9 Å². The highest BCUT2D eigenvalue weighted by atomic mass is 16.5. The Balaban J connectivity index is 1.17. The second-order valence-electron chi connectivity index (χ2n) is 15.9. The summed E-state index contributed by atoms with van der Waals surface area (Å²) in [6.07, 6.45) is 8.52. The molecule has 4 aromatic rings. The van der Waals surface area contributed by atoms with E-state index in [2.05, 4.69) is 63.1 Å². The summed E-state index contributed by atoms with van der Waals surface area (Å²) in [6.45, 7) is 13.9. The van der Waals surface area contributed by atoms with Crippen LogP contribution in [0.1, 0.15) is 102 Å². The van der Waals surface area contributed by atoms with E-state index in [4.69, 9.17) is 14.7 Å². The molecular formula is C41H53N7O3. The normalized spacial score (nSPS) is 22.6. The third-order valence-electron chi connectivity index (χ3n) is 11.8. The van der Waals surface area contributed by atoms with Gasteiger partial charge in [-0.15, -0.1) is 0 Å². The van der Waals surface area contributed by atoms with Crippen LogP contribution in [0.3, 0.4) is 0 Å². The molecule has 8 rings (SSSR count). The predicted octanol–water partition coefficient (Wildman–Crippen LogP) is 7.13. The Kier molecular flexibility index (Phi) is 9.15. The Morgan fingerprint density at radius 2 is 1.73 bits per heavy atom. The minimum Gasteiger partial charge on any atom is -0.381 e. The summed E-state index contributed by atoms with van der Waals surface area (Å²) in [4.78, 5) is 29.5. The van der Waals surface area contributed by atoms with Gasteiger partial charge in [0.1, 0.15) is 11.7 Å². The number of aliphatic hydroxyl groups is 1. The van der Waals surface area contributed by atoms with Crippen molar-refractivity contribution in [1.29, 1.82) is 0 Å². The van der Waals surface area contributed by atoms with Crippen molar-refractivity contribution >= 4 is 34.1 Å². The summed E-state index contributed by atoms with van der Waals surface area (Å²) in [5.74, 6) is 0.957. The second kappa shape index (κ2) is 13.6. The van der Waals surface area contributed by atoms with Crippen molar-refractivity contribution in [3.8, 4) is 11.3 Å². The molecule has 270 valence electrons. The van der Waals surface area contributed by atoms with Crippen LogP contribution in [0.25, 0.3) is 22.3 Å². The molecule has 1 aliphatic carbocycles. The first-order valence-corrected chi connectivity index (χ1v) is 19.1. The average Bonchev–Trinajstić information content (AvgIpc) is 3.63. The number of aliphatic hydroxyl groups excluding tert-OH is 1. The topological polar surface area (TPSA) is 108 Å². The molecule has 51 heavy (non-hydrogen) atoms. The van der Waals surface area contributed by atoms with Crippen molar-refractivity contribution in [2.24, 2.45) is 0 Å². The smallest absolute Gasteiger partial charge is 0.238 e. The number of benzene rings is 2. The minimum absolute atomic E-state index is 0.134. The molecule has 2 aromatic carbocycles. The van der Waals surface area contributed by atoms with E-state index in [0.29, 0.717) is 25.1 Å². The lowest BCUT2D eigenvalue weighted by Gasteiger charge is -2.48. The molecule has 1 unspecified atom stereocenters. The van der Waals surface area contributed by atoms with Crippen molar-refractivity contribution in [2.45, 2.75) is 115 Å². The Labute approximate surface area is 301 Å². The summed E-state index contributed by atoms with van der Waals surface area (Å²) < 4.78 is 7.93. The highest BCUT2D eigenvalue weighted by molar-refractivity contribution is 6.09. The summed E-state index contributed by atoms with van der Waals surface area (Å²) >= 11 is 0. The first-order valence-electron chi connectivity index (χ1n) is 19.1. The zero-order valence-corrected chi connectivity index (χ0v) is 30.8. The van der Waals surface area contributed by atoms with Gasteiger partial charge in [-0.3, -0.25) is 10.1 Å². The van der Waals surface area contributed by atoms with Crippen LogP contribution in [-0.4, -0.2) is 74.9 Å². The highest BCUT2D eigenvalue weighted by Gasteiger charge is 2.55. The minimum atomic E-state index is -0.783. The molecule has 0 bridgehead atoms. The SMILES string of the molecule is Cc1ccc(Nc2nc(-c3ccc4c(c3)N(C3CC(N5CCCCC5)C3)C(=O)C43CCOCC3)cc3ncn(C(C)C)c23)cc1C(O)NC(C)C. The fourth-order valence-electron chi connectivity index (χ4n) is 8.91. The molecule has 3 aliphatic heterocycles. The monoisotopic (exact) mass is 691 g/mol. The van der Waals surface area contributed by atoms with E-state index in [1.807, 2.05) is 45.3 Å². The molecule has 10 heteroatoms. The lowest BCUT2D eigenvalue weighted by Crippen LogP contribution is -2.57. The van der Waals surface area contributed by atoms with Gasteiger partial charge in [0.15, 0.2) is 5.82 Å². The number of nitrogens with zero attached hydrogens (tertiary/aromatic N) is 5. The maximum Gasteiger partial charge on any atom is 0.238 e. The summed E-state index contributed by atoms with van der Waals surface area (Å²) in [7, 11) is 0. The standard InChI is InChI=1S/C41H53N7O3/c1-25(2)43-39(49)32-20-29(11-9-27(32)5)44-38-37-35(42-24-47(37)26(3)4)23-34(45-38)28-10-12-33-36(19-28)48(40(50)41(33)13-17-51-18-14-41)31-21-30(22-31)46-15-7-6-8-16-46/h9-12,19-20,23-26,30-31,39,43,49H,6-8,13-18,21-22H2,1-5H3,(H,44,45). The molecular weight excluding hydrogens is 638 g/mol. The van der Waals surface area contributed by atoms with Crippen molar-refractivity contribution in [3.63, 3.8) is 0 Å². The lowest BCUT2D eigenvalue weighted by molar-refractivity contribution is -0.127. The van der Waals surface area contributed by atoms with Gasteiger partial charge in [0, 0.05) is 59.9 Å². The van der Waals surface area contributed by atoms with Crippen LogP contribution in [0.2, 0.25) is 0 Å². The number of hydrogen-bond donors (Lipinski definition) is 3. The third-order valence-corrected chi connectivity index (χ3v) is 11.8. The van der Waals surface area contributed by atoms with Crippen LogP contribution in [0.5, 0.6) is 0 Å². The number of rotatable bonds is 9. The number of hydrogen-bond acceptors (Lipinski definition) is 8. The number of carbonyl (C=O) groups is 1. The maximum absolute atomic E-state index is 14.6. The fourth-order valence-corrected chi connectivity index (χ4v) is 8.91. The number of likely N-dealkylation sites (tertiary alicyclic amines) is 1. The van der Waals surface area contributed by atoms with Crippen LogP contribution in [0.4, 0.5) is 17.2 Å². The molecule has 1 saturated carbocycles. The zero-order valence-electron chi connectivity index (χ0n) is 30.8. The molecule has 3 fully saturated rings. The van der Waals surface area contributed by atoms with E-state index in [9.17, 15) is 9.90 Å². The second-order valence-corrected chi connectivity index (χ2v) is 15.9. The molecule has 5 heterocycles. The van der Waals surface area contributed by atoms with Crippen LogP contribution >= 0.6 is 0 Å². The summed E-state index contributed by atoms with van der Waals surface area (Å²) in [5, 5.41) is 17.8. The Bertz CT molecular complexity index is 1920. The molecule has 4 aliphatic rings. The quantitative estimate of drug-likeness (QED) is 0.159. The number of anilines is 3. The molecule has 10 nitrogen and oxygen atoms in total. The van der Waals surface area contributed by atoms with Gasteiger partial charge in [0.05, 0.1) is 23.0 Å². The van der Waals surface area contributed by atoms with E-state index in [0.717, 1.165) is 76.0 Å². The van der Waals surface area contributed by atoms with Gasteiger partial charge < -0.3 is 29.5 Å². The lowest BCUT2D eigenvalue weighted by atomic mass is 9.75.